The van der Waals surface area contributed by atoms with Crippen LogP contribution in [0.2, 0.25) is 0 Å². The van der Waals surface area contributed by atoms with Crippen molar-refractivity contribution in [2.24, 2.45) is 0 Å². The highest BCUT2D eigenvalue weighted by Crippen LogP contribution is 2.23. The Balaban J connectivity index is 0.000000235. The van der Waals surface area contributed by atoms with Crippen molar-refractivity contribution in [1.82, 2.24) is 15.0 Å². The molecule has 0 unspecified atom stereocenters. The first-order valence-corrected chi connectivity index (χ1v) is 9.98. The van der Waals surface area contributed by atoms with E-state index in [1.165, 1.54) is 17.9 Å². The van der Waals surface area contributed by atoms with Crippen LogP contribution in [-0.4, -0.2) is 27.7 Å². The summed E-state index contributed by atoms with van der Waals surface area (Å²) in [5, 5.41) is 6.89. The Morgan fingerprint density at radius 1 is 1.27 bits per heavy atom. The number of hydrogen-bond acceptors (Lipinski definition) is 4. The van der Waals surface area contributed by atoms with Crippen LogP contribution in [0.3, 0.4) is 0 Å². The van der Waals surface area contributed by atoms with E-state index in [0.717, 1.165) is 36.3 Å². The SMILES string of the molecule is CC\C=C/C=C(C)\C(C)=C\C=N.FC(F)c1cccc(N2CCc3nc[nH]c3C2)n1. The predicted octanol–water partition coefficient (Wildman–Crippen LogP) is 5.80. The van der Waals surface area contributed by atoms with E-state index in [4.69, 9.17) is 5.41 Å². The van der Waals surface area contributed by atoms with Gasteiger partial charge in [-0.1, -0.05) is 31.2 Å². The lowest BCUT2D eigenvalue weighted by atomic mass is 10.1. The number of fused-ring (bicyclic) bond motifs is 1. The van der Waals surface area contributed by atoms with E-state index in [9.17, 15) is 8.78 Å². The topological polar surface area (TPSA) is 68.7 Å². The van der Waals surface area contributed by atoms with Crippen LogP contribution in [0.25, 0.3) is 0 Å². The number of anilines is 1. The van der Waals surface area contributed by atoms with Gasteiger partial charge in [0.2, 0.25) is 0 Å². The highest BCUT2D eigenvalue weighted by Gasteiger charge is 2.20. The highest BCUT2D eigenvalue weighted by atomic mass is 19.3. The number of alkyl halides is 2. The third-order valence-corrected chi connectivity index (χ3v) is 4.75. The Kier molecular flexibility index (Phi) is 9.12. The summed E-state index contributed by atoms with van der Waals surface area (Å²) in [5.41, 5.74) is 4.26. The molecular formula is C23H29F2N5. The molecule has 2 aromatic heterocycles. The molecule has 0 aliphatic carbocycles. The van der Waals surface area contributed by atoms with Gasteiger partial charge in [0.1, 0.15) is 11.5 Å². The summed E-state index contributed by atoms with van der Waals surface area (Å²) in [5.74, 6) is 0.591. The second-order valence-electron chi connectivity index (χ2n) is 6.92. The molecule has 1 aliphatic rings. The van der Waals surface area contributed by atoms with Crippen LogP contribution in [0.4, 0.5) is 14.6 Å². The number of aromatic amines is 1. The lowest BCUT2D eigenvalue weighted by molar-refractivity contribution is 0.146. The van der Waals surface area contributed by atoms with Crippen LogP contribution in [0, 0.1) is 5.41 Å². The first kappa shape index (κ1) is 23.2. The molecule has 5 nitrogen and oxygen atoms in total. The molecule has 3 heterocycles. The molecule has 2 N–H and O–H groups in total. The van der Waals surface area contributed by atoms with E-state index >= 15 is 0 Å². The van der Waals surface area contributed by atoms with E-state index in [1.807, 2.05) is 11.8 Å². The second-order valence-corrected chi connectivity index (χ2v) is 6.92. The lowest BCUT2D eigenvalue weighted by Crippen LogP contribution is -2.31. The number of H-pyrrole nitrogens is 1. The van der Waals surface area contributed by atoms with Crippen molar-refractivity contribution in [2.45, 2.75) is 46.6 Å². The number of imidazole rings is 1. The fraction of sp³-hybridized carbons (Fsp3) is 0.348. The minimum Gasteiger partial charge on any atom is -0.350 e. The minimum atomic E-state index is -2.53. The van der Waals surface area contributed by atoms with Crippen LogP contribution in [0.1, 0.15) is 50.7 Å². The van der Waals surface area contributed by atoms with Crippen LogP contribution < -0.4 is 4.90 Å². The Labute approximate surface area is 176 Å². The van der Waals surface area contributed by atoms with Gasteiger partial charge in [0, 0.05) is 19.2 Å². The Morgan fingerprint density at radius 2 is 2.03 bits per heavy atom. The summed E-state index contributed by atoms with van der Waals surface area (Å²) in [6.45, 7) is 7.55. The zero-order valence-electron chi connectivity index (χ0n) is 17.7. The van der Waals surface area contributed by atoms with Gasteiger partial charge in [0.25, 0.3) is 6.43 Å². The summed E-state index contributed by atoms with van der Waals surface area (Å²) in [6.07, 6.45) is 10.4. The third kappa shape index (κ3) is 6.76. The number of nitrogens with zero attached hydrogens (tertiary/aromatic N) is 3. The number of aromatic nitrogens is 3. The molecule has 0 radical (unpaired) electrons. The molecule has 3 rings (SSSR count). The van der Waals surface area contributed by atoms with Crippen LogP contribution in [0.15, 0.2) is 60.0 Å². The molecule has 0 saturated carbocycles. The Bertz CT molecular complexity index is 912. The number of pyridine rings is 1. The van der Waals surface area contributed by atoms with Crippen molar-refractivity contribution in [2.75, 3.05) is 11.4 Å². The fourth-order valence-corrected chi connectivity index (χ4v) is 2.88. The van der Waals surface area contributed by atoms with Gasteiger partial charge in [-0.25, -0.2) is 18.7 Å². The molecule has 2 aromatic rings. The van der Waals surface area contributed by atoms with Crippen LogP contribution >= 0.6 is 0 Å². The van der Waals surface area contributed by atoms with Gasteiger partial charge < -0.3 is 15.3 Å². The lowest BCUT2D eigenvalue weighted by Gasteiger charge is -2.27. The van der Waals surface area contributed by atoms with Crippen LogP contribution in [-0.2, 0) is 13.0 Å². The molecule has 0 atom stereocenters. The molecule has 0 aromatic carbocycles. The molecule has 0 spiro atoms. The molecule has 0 fully saturated rings. The van der Waals surface area contributed by atoms with Gasteiger partial charge in [-0.15, -0.1) is 0 Å². The smallest absolute Gasteiger partial charge is 0.280 e. The third-order valence-electron chi connectivity index (χ3n) is 4.75. The maximum atomic E-state index is 12.6. The second kappa shape index (κ2) is 11.8. The number of halogens is 2. The monoisotopic (exact) mass is 413 g/mol. The number of nitrogens with one attached hydrogen (secondary N) is 2. The van der Waals surface area contributed by atoms with Crippen molar-refractivity contribution in [3.63, 3.8) is 0 Å². The zero-order valence-corrected chi connectivity index (χ0v) is 17.7. The average molecular weight is 414 g/mol. The fourth-order valence-electron chi connectivity index (χ4n) is 2.88. The van der Waals surface area contributed by atoms with Crippen molar-refractivity contribution in [3.8, 4) is 0 Å². The van der Waals surface area contributed by atoms with Crippen LogP contribution in [0.5, 0.6) is 0 Å². The number of hydrogen-bond donors (Lipinski definition) is 2. The summed E-state index contributed by atoms with van der Waals surface area (Å²) in [6, 6.07) is 4.72. The first-order valence-electron chi connectivity index (χ1n) is 9.98. The van der Waals surface area contributed by atoms with E-state index in [0.29, 0.717) is 12.4 Å². The van der Waals surface area contributed by atoms with E-state index in [-0.39, 0.29) is 5.69 Å². The van der Waals surface area contributed by atoms with Gasteiger partial charge in [-0.05, 0) is 49.6 Å². The first-order chi connectivity index (χ1) is 14.5. The van der Waals surface area contributed by atoms with Gasteiger partial charge in [-0.2, -0.15) is 0 Å². The van der Waals surface area contributed by atoms with E-state index < -0.39 is 6.43 Å². The average Bonchev–Trinajstić information content (AvgIpc) is 3.22. The summed E-state index contributed by atoms with van der Waals surface area (Å²) >= 11 is 0. The van der Waals surface area contributed by atoms with Gasteiger partial charge in [-0.3, -0.25) is 0 Å². The van der Waals surface area contributed by atoms with E-state index in [2.05, 4.69) is 47.0 Å². The summed E-state index contributed by atoms with van der Waals surface area (Å²) in [4.78, 5) is 13.2. The largest absolute Gasteiger partial charge is 0.350 e. The number of rotatable bonds is 6. The van der Waals surface area contributed by atoms with Crippen molar-refractivity contribution in [3.05, 3.63) is 77.1 Å². The predicted molar refractivity (Wildman–Crippen MR) is 118 cm³/mol. The quantitative estimate of drug-likeness (QED) is 0.464. The molecule has 7 heteroatoms. The van der Waals surface area contributed by atoms with Gasteiger partial charge in [0.05, 0.1) is 24.3 Å². The molecule has 30 heavy (non-hydrogen) atoms. The van der Waals surface area contributed by atoms with E-state index in [1.54, 1.807) is 24.5 Å². The molecule has 160 valence electrons. The Morgan fingerprint density at radius 3 is 2.73 bits per heavy atom. The van der Waals surface area contributed by atoms with Crippen molar-refractivity contribution < 1.29 is 8.78 Å². The summed E-state index contributed by atoms with van der Waals surface area (Å²) in [7, 11) is 0. The molecule has 1 aliphatic heterocycles. The minimum absolute atomic E-state index is 0.178. The molecule has 0 saturated heterocycles. The normalized spacial score (nSPS) is 14.5. The summed E-state index contributed by atoms with van der Waals surface area (Å²) < 4.78 is 25.2. The van der Waals surface area contributed by atoms with Gasteiger partial charge in [0.15, 0.2) is 0 Å². The van der Waals surface area contributed by atoms with Crippen molar-refractivity contribution in [1.29, 1.82) is 5.41 Å². The standard InChI is InChI=1S/C12H12F2N4.C11H17N/c13-12(14)9-2-1-3-11(17-9)18-5-4-8-10(6-18)16-7-15-8;1-4-5-6-7-10(2)11(3)8-9-12/h1-3,7,12H,4-6H2,(H,15,16);5-9,12H,4H2,1-3H3/b;6-5-,10-7-,11-8+,12-9?. The molecular weight excluding hydrogens is 384 g/mol. The highest BCUT2D eigenvalue weighted by molar-refractivity contribution is 5.70. The molecule has 0 amide bonds. The maximum Gasteiger partial charge on any atom is 0.280 e. The van der Waals surface area contributed by atoms with Crippen molar-refractivity contribution >= 4 is 12.0 Å². The zero-order chi connectivity index (χ0) is 21.9. The number of allylic oxidation sites excluding steroid dienone is 6. The Hall–Kier alpha value is -3.09. The molecule has 0 bridgehead atoms. The maximum absolute atomic E-state index is 12.6. The van der Waals surface area contributed by atoms with Gasteiger partial charge >= 0.3 is 0 Å².